The third-order valence-electron chi connectivity index (χ3n) is 14.5. The quantitative estimate of drug-likeness (QED) is 0.0212. The number of esters is 1. The maximum absolute atomic E-state index is 13.5. The molecule has 0 radical (unpaired) electrons. The Labute approximate surface area is 448 Å². The second kappa shape index (κ2) is 53.2. The first kappa shape index (κ1) is 70.8. The van der Waals surface area contributed by atoms with Crippen LogP contribution in [0, 0.1) is 0 Å². The molecule has 3 atom stereocenters. The summed E-state index contributed by atoms with van der Waals surface area (Å²) in [6.45, 7) is 6.89. The molecule has 0 saturated heterocycles. The van der Waals surface area contributed by atoms with E-state index in [1.165, 1.54) is 231 Å². The number of quaternary nitrogens is 1. The minimum atomic E-state index is -4.69. The van der Waals surface area contributed by atoms with Crippen LogP contribution in [0.1, 0.15) is 323 Å². The van der Waals surface area contributed by atoms with Gasteiger partial charge in [0.25, 0.3) is 7.82 Å². The van der Waals surface area contributed by atoms with Gasteiger partial charge < -0.3 is 28.5 Å². The van der Waals surface area contributed by atoms with Crippen molar-refractivity contribution in [3.63, 3.8) is 0 Å². The van der Waals surface area contributed by atoms with Crippen LogP contribution in [0.15, 0.2) is 12.2 Å². The van der Waals surface area contributed by atoms with E-state index in [9.17, 15) is 19.0 Å². The van der Waals surface area contributed by atoms with E-state index in [-0.39, 0.29) is 31.5 Å². The van der Waals surface area contributed by atoms with Crippen LogP contribution in [0.25, 0.3) is 0 Å². The minimum Gasteiger partial charge on any atom is -0.756 e. The second-order valence-electron chi connectivity index (χ2n) is 22.9. The Balaban J connectivity index is 5.14. The molecule has 0 aromatic heterocycles. The highest BCUT2D eigenvalue weighted by atomic mass is 31.2. The van der Waals surface area contributed by atoms with Crippen molar-refractivity contribution in [1.29, 1.82) is 0 Å². The van der Waals surface area contributed by atoms with E-state index in [1.807, 2.05) is 33.3 Å². The fraction of sp³-hybridized carbons (Fsp3) is 0.935. The monoisotopic (exact) mass is 1040 g/mol. The fourth-order valence-electron chi connectivity index (χ4n) is 9.58. The molecular weight excluding hydrogens is 916 g/mol. The maximum atomic E-state index is 13.5. The van der Waals surface area contributed by atoms with Gasteiger partial charge in [0, 0.05) is 12.8 Å². The molecule has 428 valence electrons. The van der Waals surface area contributed by atoms with Crippen molar-refractivity contribution < 1.29 is 37.3 Å². The smallest absolute Gasteiger partial charge is 0.306 e. The Morgan fingerprint density at radius 2 is 0.792 bits per heavy atom. The SMILES string of the molecule is CCCCCCCCCCCC/C=C\C(OC(=O)CCCCCCCCCCCCCCCCCCCCCCC)C(COP(=O)([O-])OCC[N+](C)(C)C)NC(=O)CCCCCCCCCCCCCCC. The number of phosphoric acid groups is 1. The fourth-order valence-corrected chi connectivity index (χ4v) is 10.3. The summed E-state index contributed by atoms with van der Waals surface area (Å²) in [5, 5.41) is 3.03. The predicted octanol–water partition coefficient (Wildman–Crippen LogP) is 18.5. The van der Waals surface area contributed by atoms with Gasteiger partial charge in [-0.1, -0.05) is 290 Å². The summed E-state index contributed by atoms with van der Waals surface area (Å²) in [5.41, 5.74) is 0. The van der Waals surface area contributed by atoms with Gasteiger partial charge in [-0.25, -0.2) is 0 Å². The topological polar surface area (TPSA) is 114 Å². The first-order chi connectivity index (χ1) is 34.9. The molecule has 1 amide bonds. The van der Waals surface area contributed by atoms with E-state index in [0.717, 1.165) is 57.8 Å². The van der Waals surface area contributed by atoms with Gasteiger partial charge in [-0.2, -0.15) is 0 Å². The molecule has 0 aliphatic carbocycles. The van der Waals surface area contributed by atoms with E-state index in [1.54, 1.807) is 0 Å². The number of hydrogen-bond donors (Lipinski definition) is 1. The van der Waals surface area contributed by atoms with E-state index < -0.39 is 20.0 Å². The third-order valence-corrected chi connectivity index (χ3v) is 15.4. The number of carbonyl (C=O) groups is 2. The van der Waals surface area contributed by atoms with Gasteiger partial charge in [-0.15, -0.1) is 0 Å². The Morgan fingerprint density at radius 3 is 1.14 bits per heavy atom. The number of nitrogens with one attached hydrogen (secondary N) is 1. The van der Waals surface area contributed by atoms with E-state index in [0.29, 0.717) is 17.4 Å². The van der Waals surface area contributed by atoms with Crippen LogP contribution in [0.2, 0.25) is 0 Å². The molecule has 72 heavy (non-hydrogen) atoms. The van der Waals surface area contributed by atoms with E-state index >= 15 is 0 Å². The van der Waals surface area contributed by atoms with Gasteiger partial charge in [0.15, 0.2) is 0 Å². The molecule has 0 rings (SSSR count). The Morgan fingerprint density at radius 1 is 0.472 bits per heavy atom. The van der Waals surface area contributed by atoms with Crippen LogP contribution in [-0.2, 0) is 27.9 Å². The van der Waals surface area contributed by atoms with Crippen molar-refractivity contribution in [2.24, 2.45) is 0 Å². The molecule has 1 N–H and O–H groups in total. The highest BCUT2D eigenvalue weighted by Crippen LogP contribution is 2.38. The second-order valence-corrected chi connectivity index (χ2v) is 24.3. The van der Waals surface area contributed by atoms with Crippen molar-refractivity contribution in [2.75, 3.05) is 40.9 Å². The molecule has 0 spiro atoms. The summed E-state index contributed by atoms with van der Waals surface area (Å²) >= 11 is 0. The number of rotatable bonds is 58. The van der Waals surface area contributed by atoms with Crippen LogP contribution in [0.3, 0.4) is 0 Å². The van der Waals surface area contributed by atoms with E-state index in [4.69, 9.17) is 13.8 Å². The summed E-state index contributed by atoms with van der Waals surface area (Å²) in [4.78, 5) is 39.9. The van der Waals surface area contributed by atoms with Crippen LogP contribution in [0.5, 0.6) is 0 Å². The zero-order valence-corrected chi connectivity index (χ0v) is 49.8. The van der Waals surface area contributed by atoms with Gasteiger partial charge in [-0.05, 0) is 31.8 Å². The number of hydrogen-bond acceptors (Lipinski definition) is 7. The molecule has 0 heterocycles. The average molecular weight is 1040 g/mol. The third kappa shape index (κ3) is 53.6. The lowest BCUT2D eigenvalue weighted by Crippen LogP contribution is -2.47. The molecule has 10 heteroatoms. The summed E-state index contributed by atoms with van der Waals surface area (Å²) in [6.07, 6.45) is 60.3. The molecule has 9 nitrogen and oxygen atoms in total. The maximum Gasteiger partial charge on any atom is 0.306 e. The van der Waals surface area contributed by atoms with Gasteiger partial charge in [-0.3, -0.25) is 14.2 Å². The summed E-state index contributed by atoms with van der Waals surface area (Å²) in [7, 11) is 1.21. The number of nitrogens with zero attached hydrogens (tertiary/aromatic N) is 1. The number of carbonyl (C=O) groups excluding carboxylic acids is 2. The molecule has 3 unspecified atom stereocenters. The first-order valence-corrected chi connectivity index (χ1v) is 33.0. The van der Waals surface area contributed by atoms with Crippen molar-refractivity contribution in [2.45, 2.75) is 335 Å². The lowest BCUT2D eigenvalue weighted by atomic mass is 10.0. The molecule has 0 saturated carbocycles. The normalized spacial score (nSPS) is 13.7. The van der Waals surface area contributed by atoms with Crippen LogP contribution in [-0.4, -0.2) is 69.4 Å². The highest BCUT2D eigenvalue weighted by Gasteiger charge is 2.27. The largest absolute Gasteiger partial charge is 0.756 e. The average Bonchev–Trinajstić information content (AvgIpc) is 3.34. The van der Waals surface area contributed by atoms with Gasteiger partial charge in [0.1, 0.15) is 19.3 Å². The Hall–Kier alpha value is -1.25. The summed E-state index contributed by atoms with van der Waals surface area (Å²) < 4.78 is 30.3. The zero-order chi connectivity index (χ0) is 52.9. The lowest BCUT2D eigenvalue weighted by molar-refractivity contribution is -0.870. The number of likely N-dealkylation sites (N-methyl/N-ethyl adjacent to an activating group) is 1. The van der Waals surface area contributed by atoms with Crippen molar-refractivity contribution in [1.82, 2.24) is 5.32 Å². The van der Waals surface area contributed by atoms with E-state index in [2.05, 4.69) is 26.1 Å². The highest BCUT2D eigenvalue weighted by molar-refractivity contribution is 7.45. The lowest BCUT2D eigenvalue weighted by Gasteiger charge is -2.30. The van der Waals surface area contributed by atoms with Crippen LogP contribution >= 0.6 is 7.82 Å². The van der Waals surface area contributed by atoms with Crippen molar-refractivity contribution >= 4 is 19.7 Å². The number of unbranched alkanes of at least 4 members (excludes halogenated alkanes) is 42. The zero-order valence-electron chi connectivity index (χ0n) is 48.9. The van der Waals surface area contributed by atoms with Gasteiger partial charge >= 0.3 is 5.97 Å². The molecule has 0 bridgehead atoms. The molecule has 0 aromatic carbocycles. The summed E-state index contributed by atoms with van der Waals surface area (Å²) in [5.74, 6) is -0.520. The van der Waals surface area contributed by atoms with Gasteiger partial charge in [0.2, 0.25) is 5.91 Å². The number of allylic oxidation sites excluding steroid dienone is 1. The summed E-state index contributed by atoms with van der Waals surface area (Å²) in [6, 6.07) is -0.878. The number of phosphoric ester groups is 1. The Kier molecular flexibility index (Phi) is 52.2. The Bertz CT molecular complexity index is 1240. The van der Waals surface area contributed by atoms with Crippen molar-refractivity contribution in [3.05, 3.63) is 12.2 Å². The van der Waals surface area contributed by atoms with Crippen LogP contribution < -0.4 is 10.2 Å². The molecule has 0 aromatic rings. The molecule has 0 aliphatic rings. The number of ether oxygens (including phenoxy) is 1. The molecular formula is C62H123N2O7P. The molecule has 0 fully saturated rings. The van der Waals surface area contributed by atoms with Crippen molar-refractivity contribution in [3.8, 4) is 0 Å². The predicted molar refractivity (Wildman–Crippen MR) is 307 cm³/mol. The molecule has 0 aliphatic heterocycles. The van der Waals surface area contributed by atoms with Gasteiger partial charge in [0.05, 0.1) is 33.8 Å². The minimum absolute atomic E-state index is 0.0168. The first-order valence-electron chi connectivity index (χ1n) is 31.5. The van der Waals surface area contributed by atoms with Crippen LogP contribution in [0.4, 0.5) is 0 Å². The number of amides is 1. The standard InChI is InChI=1S/C62H123N2O7P/c1-7-10-13-16-19-22-25-28-29-30-31-32-33-34-35-37-40-43-46-49-52-55-62(66)71-60(53-50-47-44-41-38-27-24-21-18-15-12-9-3)59(58-70-72(67,68)69-57-56-64(4,5)6)63-61(65)54-51-48-45-42-39-36-26-23-20-17-14-11-8-2/h50,53,59-60H,7-49,51-52,54-58H2,1-6H3,(H-,63,65,67,68)/b53-50-.